The van der Waals surface area contributed by atoms with Gasteiger partial charge in [0, 0.05) is 17.3 Å². The molecule has 7 heteroatoms. The molecule has 0 spiro atoms. The molecule has 0 radical (unpaired) electrons. The van der Waals surface area contributed by atoms with Gasteiger partial charge in [0.2, 0.25) is 15.8 Å². The van der Waals surface area contributed by atoms with Gasteiger partial charge in [0.1, 0.15) is 0 Å². The van der Waals surface area contributed by atoms with Crippen molar-refractivity contribution in [1.82, 2.24) is 0 Å². The molecule has 0 unspecified atom stereocenters. The Morgan fingerprint density at radius 1 is 0.862 bits per heavy atom. The highest BCUT2D eigenvalue weighted by molar-refractivity contribution is 7.89. The number of carbonyl (C=O) groups is 2. The molecule has 1 aliphatic carbocycles. The molecule has 0 fully saturated rings. The van der Waals surface area contributed by atoms with Gasteiger partial charge in [0.25, 0.3) is 0 Å². The maximum Gasteiger partial charge on any atom is 0.238 e. The number of hydrogen-bond acceptors (Lipinski definition) is 5. The van der Waals surface area contributed by atoms with Crippen molar-refractivity contribution in [3.05, 3.63) is 83.6 Å². The molecule has 29 heavy (non-hydrogen) atoms. The summed E-state index contributed by atoms with van der Waals surface area (Å²) in [5.74, 6) is -1.05. The lowest BCUT2D eigenvalue weighted by Crippen LogP contribution is -2.25. The molecule has 148 valence electrons. The van der Waals surface area contributed by atoms with Gasteiger partial charge < -0.3 is 5.32 Å². The molecule has 0 amide bonds. The van der Waals surface area contributed by atoms with Crippen molar-refractivity contribution in [3.63, 3.8) is 0 Å². The van der Waals surface area contributed by atoms with Gasteiger partial charge in [-0.05, 0) is 29.0 Å². The van der Waals surface area contributed by atoms with E-state index in [0.717, 1.165) is 16.8 Å². The molecule has 1 aliphatic rings. The Hall–Kier alpha value is -3.29. The quantitative estimate of drug-likeness (QED) is 0.684. The fraction of sp³-hybridized carbons (Fsp3) is 0.0909. The average molecular weight is 408 g/mol. The third-order valence-electron chi connectivity index (χ3n) is 4.37. The molecule has 0 aliphatic heterocycles. The number of primary sulfonamides is 1. The lowest BCUT2D eigenvalue weighted by Gasteiger charge is -2.18. The van der Waals surface area contributed by atoms with Crippen molar-refractivity contribution < 1.29 is 18.0 Å². The van der Waals surface area contributed by atoms with Crippen LogP contribution >= 0.6 is 0 Å². The van der Waals surface area contributed by atoms with Crippen LogP contribution in [-0.2, 0) is 10.0 Å². The lowest BCUT2D eigenvalue weighted by molar-refractivity contribution is 0.0983. The number of carbonyl (C=O) groups excluding carboxylic acids is 2. The molecule has 4 rings (SSSR count). The van der Waals surface area contributed by atoms with Gasteiger partial charge in [0.15, 0.2) is 5.78 Å². The molecule has 3 aromatic rings. The van der Waals surface area contributed by atoms with Crippen LogP contribution in [0.1, 0.15) is 34.6 Å². The molecule has 0 bridgehead atoms. The van der Waals surface area contributed by atoms with Crippen LogP contribution in [0.4, 0.5) is 5.69 Å². The highest BCUT2D eigenvalue weighted by Gasteiger charge is 2.30. The molecule has 6 nitrogen and oxygen atoms in total. The molecular weight excluding hydrogens is 388 g/mol. The number of sulfonamides is 1. The van der Waals surface area contributed by atoms with Gasteiger partial charge in [-0.2, -0.15) is 0 Å². The molecule has 0 heterocycles. The van der Waals surface area contributed by atoms with E-state index in [1.807, 2.05) is 50.2 Å². The third-order valence-corrected chi connectivity index (χ3v) is 5.33. The number of nitrogens with two attached hydrogens (primary N) is 1. The van der Waals surface area contributed by atoms with Crippen molar-refractivity contribution >= 4 is 38.0 Å². The highest BCUT2D eigenvalue weighted by atomic mass is 32.2. The van der Waals surface area contributed by atoms with Crippen LogP contribution in [0.5, 0.6) is 0 Å². The SMILES string of the molecule is CC.NS(=O)(=O)c1cccc2c1C(=O)C=C(Nc1ccc3ccccc3c1)C2=O. The van der Waals surface area contributed by atoms with E-state index in [1.165, 1.54) is 18.2 Å². The van der Waals surface area contributed by atoms with Crippen LogP contribution in [0, 0.1) is 0 Å². The topological polar surface area (TPSA) is 106 Å². The fourth-order valence-electron chi connectivity index (χ4n) is 3.14. The Bertz CT molecular complexity index is 1260. The summed E-state index contributed by atoms with van der Waals surface area (Å²) >= 11 is 0. The first-order chi connectivity index (χ1) is 13.8. The number of benzene rings is 3. The van der Waals surface area contributed by atoms with Gasteiger partial charge in [-0.3, -0.25) is 9.59 Å². The van der Waals surface area contributed by atoms with Crippen LogP contribution in [0.25, 0.3) is 10.8 Å². The zero-order valence-electron chi connectivity index (χ0n) is 16.0. The number of ketones is 2. The Balaban J connectivity index is 0.00000117. The van der Waals surface area contributed by atoms with E-state index in [1.54, 1.807) is 6.07 Å². The molecule has 0 atom stereocenters. The summed E-state index contributed by atoms with van der Waals surface area (Å²) in [7, 11) is -4.12. The number of fused-ring (bicyclic) bond motifs is 2. The predicted molar refractivity (Wildman–Crippen MR) is 113 cm³/mol. The number of Topliss-reactive ketones (excluding diaryl/α,β-unsaturated/α-hetero) is 1. The van der Waals surface area contributed by atoms with Crippen molar-refractivity contribution in [2.75, 3.05) is 5.32 Å². The summed E-state index contributed by atoms with van der Waals surface area (Å²) in [5, 5.41) is 10.2. The summed E-state index contributed by atoms with van der Waals surface area (Å²) in [6.07, 6.45) is 1.11. The Morgan fingerprint density at radius 3 is 2.24 bits per heavy atom. The number of hydrogen-bond donors (Lipinski definition) is 2. The van der Waals surface area contributed by atoms with Crippen LogP contribution < -0.4 is 10.5 Å². The predicted octanol–water partition coefficient (Wildman–Crippen LogP) is 3.89. The van der Waals surface area contributed by atoms with Gasteiger partial charge >= 0.3 is 0 Å². The second-order valence-electron chi connectivity index (χ2n) is 6.16. The standard InChI is InChI=1S/C20H14N2O4S.C2H6/c21-27(25,26)18-7-3-6-15-19(18)17(23)11-16(20(15)24)22-14-9-8-12-4-1-2-5-13(12)10-14;1-2/h1-11,22H,(H2,21,25,26);1-2H3. The van der Waals surface area contributed by atoms with E-state index < -0.39 is 21.6 Å². The monoisotopic (exact) mass is 408 g/mol. The first kappa shape index (κ1) is 20.4. The van der Waals surface area contributed by atoms with E-state index in [9.17, 15) is 18.0 Å². The van der Waals surface area contributed by atoms with Crippen LogP contribution in [-0.4, -0.2) is 20.0 Å². The second-order valence-corrected chi connectivity index (χ2v) is 7.69. The maximum absolute atomic E-state index is 12.8. The minimum absolute atomic E-state index is 0.0114. The highest BCUT2D eigenvalue weighted by Crippen LogP contribution is 2.28. The average Bonchev–Trinajstić information content (AvgIpc) is 2.72. The zero-order chi connectivity index (χ0) is 21.2. The largest absolute Gasteiger partial charge is 0.352 e. The first-order valence-electron chi connectivity index (χ1n) is 9.07. The van der Waals surface area contributed by atoms with E-state index in [0.29, 0.717) is 5.69 Å². The molecular formula is C22H20N2O4S. The number of rotatable bonds is 3. The minimum Gasteiger partial charge on any atom is -0.352 e. The first-order valence-corrected chi connectivity index (χ1v) is 10.6. The van der Waals surface area contributed by atoms with Crippen molar-refractivity contribution in [2.24, 2.45) is 5.14 Å². The van der Waals surface area contributed by atoms with Gasteiger partial charge in [-0.25, -0.2) is 13.6 Å². The van der Waals surface area contributed by atoms with E-state index in [4.69, 9.17) is 5.14 Å². The number of nitrogens with one attached hydrogen (secondary N) is 1. The van der Waals surface area contributed by atoms with Crippen molar-refractivity contribution in [3.8, 4) is 0 Å². The van der Waals surface area contributed by atoms with E-state index in [-0.39, 0.29) is 21.7 Å². The third kappa shape index (κ3) is 3.96. The summed E-state index contributed by atoms with van der Waals surface area (Å²) in [5.41, 5.74) is 0.549. The van der Waals surface area contributed by atoms with Crippen LogP contribution in [0.15, 0.2) is 77.3 Å². The van der Waals surface area contributed by atoms with Gasteiger partial charge in [-0.1, -0.05) is 56.3 Å². The Morgan fingerprint density at radius 2 is 1.55 bits per heavy atom. The fourth-order valence-corrected chi connectivity index (χ4v) is 3.90. The molecule has 0 aromatic heterocycles. The number of anilines is 1. The van der Waals surface area contributed by atoms with E-state index >= 15 is 0 Å². The van der Waals surface area contributed by atoms with Crippen LogP contribution in [0.3, 0.4) is 0 Å². The summed E-state index contributed by atoms with van der Waals surface area (Å²) in [4.78, 5) is 25.0. The summed E-state index contributed by atoms with van der Waals surface area (Å²) < 4.78 is 23.5. The van der Waals surface area contributed by atoms with Crippen molar-refractivity contribution in [2.45, 2.75) is 18.7 Å². The molecule has 0 saturated carbocycles. The van der Waals surface area contributed by atoms with Gasteiger partial charge in [0.05, 0.1) is 16.2 Å². The smallest absolute Gasteiger partial charge is 0.238 e. The minimum atomic E-state index is -4.12. The zero-order valence-corrected chi connectivity index (χ0v) is 16.8. The maximum atomic E-state index is 12.8. The van der Waals surface area contributed by atoms with Crippen molar-refractivity contribution in [1.29, 1.82) is 0 Å². The van der Waals surface area contributed by atoms with Crippen LogP contribution in [0.2, 0.25) is 0 Å². The summed E-state index contributed by atoms with van der Waals surface area (Å²) in [6, 6.07) is 17.3. The molecule has 0 saturated heterocycles. The van der Waals surface area contributed by atoms with Gasteiger partial charge in [-0.15, -0.1) is 0 Å². The molecule has 3 N–H and O–H groups in total. The lowest BCUT2D eigenvalue weighted by atomic mass is 9.92. The Labute approximate surface area is 169 Å². The normalized spacial score (nSPS) is 13.3. The molecule has 3 aromatic carbocycles. The second kappa shape index (κ2) is 7.98. The summed E-state index contributed by atoms with van der Waals surface area (Å²) in [6.45, 7) is 4.00. The Kier molecular flexibility index (Phi) is 5.63. The number of allylic oxidation sites excluding steroid dienone is 2. The van der Waals surface area contributed by atoms with E-state index in [2.05, 4.69) is 5.32 Å².